The molecule has 5 heteroatoms. The maximum absolute atomic E-state index is 12.2. The van der Waals surface area contributed by atoms with Gasteiger partial charge in [0.1, 0.15) is 0 Å². The number of hydrogen-bond acceptors (Lipinski definition) is 3. The summed E-state index contributed by atoms with van der Waals surface area (Å²) in [6.45, 7) is 0.153. The Bertz CT molecular complexity index is 644. The Morgan fingerprint density at radius 2 is 2.05 bits per heavy atom. The first-order valence-corrected chi connectivity index (χ1v) is 7.04. The average Bonchev–Trinajstić information content (AvgIpc) is 2.48. The zero-order valence-electron chi connectivity index (χ0n) is 11.5. The van der Waals surface area contributed by atoms with Crippen LogP contribution in [0, 0.1) is 0 Å². The molecule has 1 amide bonds. The average molecular weight is 305 g/mol. The van der Waals surface area contributed by atoms with Gasteiger partial charge in [0, 0.05) is 17.9 Å². The van der Waals surface area contributed by atoms with Crippen LogP contribution in [0.3, 0.4) is 0 Å². The molecule has 0 aliphatic rings. The number of nitrogen functional groups attached to an aromatic ring is 1. The molecular weight excluding hydrogens is 288 g/mol. The number of rotatable bonds is 5. The number of anilines is 2. The molecule has 21 heavy (non-hydrogen) atoms. The molecule has 2 rings (SSSR count). The summed E-state index contributed by atoms with van der Waals surface area (Å²) >= 11 is 5.91. The topological polar surface area (TPSA) is 75.4 Å². The second kappa shape index (κ2) is 7.11. The number of hydrogen-bond donors (Lipinski definition) is 3. The first-order valence-electron chi connectivity index (χ1n) is 6.66. The lowest BCUT2D eigenvalue weighted by molar-refractivity contribution is 0.102. The number of carbonyl (C=O) groups excluding carboxylic acids is 1. The molecule has 0 saturated carbocycles. The lowest BCUT2D eigenvalue weighted by Gasteiger charge is -2.08. The van der Waals surface area contributed by atoms with Crippen LogP contribution in [0.1, 0.15) is 22.3 Å². The third-order valence-corrected chi connectivity index (χ3v) is 3.40. The van der Waals surface area contributed by atoms with Crippen LogP contribution in [0.4, 0.5) is 11.4 Å². The molecule has 0 unspecified atom stereocenters. The summed E-state index contributed by atoms with van der Waals surface area (Å²) in [7, 11) is 0. The van der Waals surface area contributed by atoms with Crippen molar-refractivity contribution in [3.05, 3.63) is 58.6 Å². The van der Waals surface area contributed by atoms with Gasteiger partial charge in [-0.05, 0) is 48.7 Å². The quantitative estimate of drug-likeness (QED) is 0.743. The van der Waals surface area contributed by atoms with Crippen molar-refractivity contribution in [1.82, 2.24) is 0 Å². The maximum atomic E-state index is 12.2. The Balaban J connectivity index is 2.10. The molecule has 0 bridgehead atoms. The Labute approximate surface area is 128 Å². The fourth-order valence-electron chi connectivity index (χ4n) is 1.96. The number of nitrogens with one attached hydrogen (secondary N) is 1. The molecular formula is C16H17ClN2O2. The van der Waals surface area contributed by atoms with Gasteiger partial charge in [-0.15, -0.1) is 0 Å². The second-order valence-corrected chi connectivity index (χ2v) is 5.13. The van der Waals surface area contributed by atoms with E-state index in [4.69, 9.17) is 22.4 Å². The summed E-state index contributed by atoms with van der Waals surface area (Å²) in [5, 5.41) is 12.0. The van der Waals surface area contributed by atoms with Crippen LogP contribution in [0.5, 0.6) is 0 Å². The van der Waals surface area contributed by atoms with Crippen LogP contribution < -0.4 is 11.1 Å². The molecule has 0 aliphatic heterocycles. The fraction of sp³-hybridized carbons (Fsp3) is 0.188. The minimum absolute atomic E-state index is 0.153. The molecule has 0 atom stereocenters. The highest BCUT2D eigenvalue weighted by Crippen LogP contribution is 2.20. The van der Waals surface area contributed by atoms with Crippen molar-refractivity contribution < 1.29 is 9.90 Å². The van der Waals surface area contributed by atoms with E-state index in [0.29, 0.717) is 28.4 Å². The Morgan fingerprint density at radius 1 is 1.24 bits per heavy atom. The van der Waals surface area contributed by atoms with Crippen molar-refractivity contribution in [2.75, 3.05) is 17.7 Å². The van der Waals surface area contributed by atoms with Gasteiger partial charge < -0.3 is 16.2 Å². The zero-order chi connectivity index (χ0) is 15.2. The highest BCUT2D eigenvalue weighted by molar-refractivity contribution is 6.33. The van der Waals surface area contributed by atoms with E-state index in [9.17, 15) is 4.79 Å². The summed E-state index contributed by atoms with van der Waals surface area (Å²) in [5.41, 5.74) is 8.30. The number of aryl methyl sites for hydroxylation is 1. The minimum atomic E-state index is -0.240. The Hall–Kier alpha value is -2.04. The number of amides is 1. The van der Waals surface area contributed by atoms with E-state index in [1.54, 1.807) is 18.2 Å². The third kappa shape index (κ3) is 4.21. The van der Waals surface area contributed by atoms with Gasteiger partial charge in [0.15, 0.2) is 0 Å². The Morgan fingerprint density at radius 3 is 2.76 bits per heavy atom. The number of nitrogens with two attached hydrogens (primary N) is 1. The maximum Gasteiger partial charge on any atom is 0.255 e. The third-order valence-electron chi connectivity index (χ3n) is 3.07. The molecule has 0 fully saturated rings. The molecule has 2 aromatic rings. The normalized spacial score (nSPS) is 10.4. The van der Waals surface area contributed by atoms with Gasteiger partial charge in [0.25, 0.3) is 5.91 Å². The first kappa shape index (κ1) is 15.4. The van der Waals surface area contributed by atoms with Crippen LogP contribution >= 0.6 is 11.6 Å². The van der Waals surface area contributed by atoms with Gasteiger partial charge in [0.05, 0.1) is 10.7 Å². The number of aliphatic hydroxyl groups is 1. The molecule has 4 nitrogen and oxygen atoms in total. The van der Waals surface area contributed by atoms with E-state index in [1.165, 1.54) is 0 Å². The van der Waals surface area contributed by atoms with E-state index in [2.05, 4.69) is 5.32 Å². The first-order chi connectivity index (χ1) is 10.1. The van der Waals surface area contributed by atoms with Crippen molar-refractivity contribution in [2.45, 2.75) is 12.8 Å². The van der Waals surface area contributed by atoms with E-state index >= 15 is 0 Å². The summed E-state index contributed by atoms with van der Waals surface area (Å²) in [6, 6.07) is 12.3. The molecule has 0 radical (unpaired) electrons. The van der Waals surface area contributed by atoms with Gasteiger partial charge in [-0.3, -0.25) is 4.79 Å². The van der Waals surface area contributed by atoms with E-state index in [-0.39, 0.29) is 12.5 Å². The van der Waals surface area contributed by atoms with Crippen LogP contribution in [-0.4, -0.2) is 17.6 Å². The van der Waals surface area contributed by atoms with Gasteiger partial charge in [-0.25, -0.2) is 0 Å². The smallest absolute Gasteiger partial charge is 0.255 e. The summed E-state index contributed by atoms with van der Waals surface area (Å²) in [6.07, 6.45) is 1.47. The van der Waals surface area contributed by atoms with Gasteiger partial charge >= 0.3 is 0 Å². The zero-order valence-corrected chi connectivity index (χ0v) is 12.2. The SMILES string of the molecule is Nc1ccc(C(=O)Nc2cccc(CCCO)c2)cc1Cl. The van der Waals surface area contributed by atoms with Crippen molar-refractivity contribution in [1.29, 1.82) is 0 Å². The molecule has 0 spiro atoms. The van der Waals surface area contributed by atoms with E-state index < -0.39 is 0 Å². The number of benzene rings is 2. The summed E-state index contributed by atoms with van der Waals surface area (Å²) in [5.74, 6) is -0.240. The predicted molar refractivity (Wildman–Crippen MR) is 85.7 cm³/mol. The molecule has 110 valence electrons. The lowest BCUT2D eigenvalue weighted by atomic mass is 10.1. The highest BCUT2D eigenvalue weighted by atomic mass is 35.5. The van der Waals surface area contributed by atoms with Gasteiger partial charge in [0.2, 0.25) is 0 Å². The number of carbonyl (C=O) groups is 1. The van der Waals surface area contributed by atoms with Crippen molar-refractivity contribution in [3.63, 3.8) is 0 Å². The highest BCUT2D eigenvalue weighted by Gasteiger charge is 2.08. The monoisotopic (exact) mass is 304 g/mol. The largest absolute Gasteiger partial charge is 0.398 e. The van der Waals surface area contributed by atoms with Crippen LogP contribution in [0.2, 0.25) is 5.02 Å². The standard InChI is InChI=1S/C16H17ClN2O2/c17-14-10-12(6-7-15(14)18)16(21)19-13-5-1-3-11(9-13)4-2-8-20/h1,3,5-7,9-10,20H,2,4,8,18H2,(H,19,21). The van der Waals surface area contributed by atoms with Crippen molar-refractivity contribution in [2.24, 2.45) is 0 Å². The molecule has 0 aliphatic carbocycles. The van der Waals surface area contributed by atoms with Crippen LogP contribution in [0.25, 0.3) is 0 Å². The number of aliphatic hydroxyl groups excluding tert-OH is 1. The molecule has 4 N–H and O–H groups in total. The van der Waals surface area contributed by atoms with Crippen LogP contribution in [-0.2, 0) is 6.42 Å². The van der Waals surface area contributed by atoms with Crippen molar-refractivity contribution in [3.8, 4) is 0 Å². The predicted octanol–water partition coefficient (Wildman–Crippen LogP) is 3.10. The van der Waals surface area contributed by atoms with Gasteiger partial charge in [-0.1, -0.05) is 23.7 Å². The molecule has 0 saturated heterocycles. The van der Waals surface area contributed by atoms with E-state index in [1.807, 2.05) is 24.3 Å². The number of halogens is 1. The molecule has 0 heterocycles. The van der Waals surface area contributed by atoms with E-state index in [0.717, 1.165) is 12.0 Å². The Kier molecular flexibility index (Phi) is 5.20. The minimum Gasteiger partial charge on any atom is -0.398 e. The fourth-order valence-corrected chi connectivity index (χ4v) is 2.14. The molecule has 2 aromatic carbocycles. The van der Waals surface area contributed by atoms with Crippen molar-refractivity contribution >= 4 is 28.9 Å². The van der Waals surface area contributed by atoms with Gasteiger partial charge in [-0.2, -0.15) is 0 Å². The summed E-state index contributed by atoms with van der Waals surface area (Å²) < 4.78 is 0. The molecule has 0 aromatic heterocycles. The lowest BCUT2D eigenvalue weighted by Crippen LogP contribution is -2.12. The second-order valence-electron chi connectivity index (χ2n) is 4.72. The van der Waals surface area contributed by atoms with Crippen LogP contribution in [0.15, 0.2) is 42.5 Å². The summed E-state index contributed by atoms with van der Waals surface area (Å²) in [4.78, 5) is 12.2.